The number of nitrogens with one attached hydrogen (secondary N) is 3. The predicted molar refractivity (Wildman–Crippen MR) is 138 cm³/mol. The molecule has 0 amide bonds. The van der Waals surface area contributed by atoms with E-state index in [-0.39, 0.29) is 28.9 Å². The van der Waals surface area contributed by atoms with Crippen molar-refractivity contribution in [1.29, 1.82) is 0 Å². The summed E-state index contributed by atoms with van der Waals surface area (Å²) in [6.45, 7) is 4.39. The van der Waals surface area contributed by atoms with E-state index in [4.69, 9.17) is 0 Å². The number of halogens is 1. The SMILES string of the molecule is CCNC(=NCc1cccc(S(=O)(=O)NC)c1)NCc1ccccc1Cn1cccn1.I. The fourth-order valence-electron chi connectivity index (χ4n) is 3.07. The van der Waals surface area contributed by atoms with Crippen LogP contribution in [-0.2, 0) is 29.7 Å². The summed E-state index contributed by atoms with van der Waals surface area (Å²) in [6, 6.07) is 16.9. The van der Waals surface area contributed by atoms with Crippen LogP contribution in [-0.4, -0.2) is 37.8 Å². The van der Waals surface area contributed by atoms with Crippen molar-refractivity contribution >= 4 is 40.0 Å². The largest absolute Gasteiger partial charge is 0.357 e. The number of hydrogen-bond acceptors (Lipinski definition) is 4. The lowest BCUT2D eigenvalue weighted by atomic mass is 10.1. The lowest BCUT2D eigenvalue weighted by Crippen LogP contribution is -2.37. The molecule has 8 nitrogen and oxygen atoms in total. The van der Waals surface area contributed by atoms with Gasteiger partial charge in [0.1, 0.15) is 0 Å². The molecule has 0 aliphatic rings. The second kappa shape index (κ2) is 12.6. The number of rotatable bonds is 9. The normalized spacial score (nSPS) is 11.6. The third-order valence-electron chi connectivity index (χ3n) is 4.70. The van der Waals surface area contributed by atoms with E-state index in [1.807, 2.05) is 42.1 Å². The lowest BCUT2D eigenvalue weighted by molar-refractivity contribution is 0.588. The number of hydrogen-bond donors (Lipinski definition) is 3. The Morgan fingerprint density at radius 3 is 2.53 bits per heavy atom. The lowest BCUT2D eigenvalue weighted by Gasteiger charge is -2.14. The highest BCUT2D eigenvalue weighted by Gasteiger charge is 2.11. The second-order valence-electron chi connectivity index (χ2n) is 6.88. The Labute approximate surface area is 206 Å². The number of sulfonamides is 1. The summed E-state index contributed by atoms with van der Waals surface area (Å²) in [6.07, 6.45) is 3.71. The van der Waals surface area contributed by atoms with E-state index in [1.165, 1.54) is 12.6 Å². The van der Waals surface area contributed by atoms with Crippen molar-refractivity contribution in [1.82, 2.24) is 25.1 Å². The first-order valence-electron chi connectivity index (χ1n) is 10.1. The van der Waals surface area contributed by atoms with E-state index in [0.717, 1.165) is 17.7 Å². The molecule has 0 fully saturated rings. The predicted octanol–water partition coefficient (Wildman–Crippen LogP) is 2.71. The van der Waals surface area contributed by atoms with E-state index < -0.39 is 10.0 Å². The fraction of sp³-hybridized carbons (Fsp3) is 0.273. The van der Waals surface area contributed by atoms with Gasteiger partial charge in [0.2, 0.25) is 10.0 Å². The zero-order chi connectivity index (χ0) is 22.1. The minimum atomic E-state index is -3.48. The average Bonchev–Trinajstić information content (AvgIpc) is 3.30. The topological polar surface area (TPSA) is 100 Å². The molecule has 172 valence electrons. The van der Waals surface area contributed by atoms with Gasteiger partial charge in [-0.3, -0.25) is 4.68 Å². The van der Waals surface area contributed by atoms with Gasteiger partial charge in [0.25, 0.3) is 0 Å². The quantitative estimate of drug-likeness (QED) is 0.210. The first kappa shape index (κ1) is 25.8. The summed E-state index contributed by atoms with van der Waals surface area (Å²) < 4.78 is 28.3. The van der Waals surface area contributed by atoms with Crippen molar-refractivity contribution in [3.8, 4) is 0 Å². The van der Waals surface area contributed by atoms with Crippen LogP contribution in [0.3, 0.4) is 0 Å². The highest BCUT2D eigenvalue weighted by Crippen LogP contribution is 2.12. The molecule has 3 rings (SSSR count). The van der Waals surface area contributed by atoms with Crippen molar-refractivity contribution in [3.05, 3.63) is 83.7 Å². The first-order valence-corrected chi connectivity index (χ1v) is 11.6. The minimum absolute atomic E-state index is 0. The van der Waals surface area contributed by atoms with E-state index in [9.17, 15) is 8.42 Å². The van der Waals surface area contributed by atoms with E-state index in [2.05, 4.69) is 37.6 Å². The van der Waals surface area contributed by atoms with E-state index in [1.54, 1.807) is 24.4 Å². The van der Waals surface area contributed by atoms with Gasteiger partial charge in [-0.25, -0.2) is 18.1 Å². The monoisotopic (exact) mass is 568 g/mol. The summed E-state index contributed by atoms with van der Waals surface area (Å²) >= 11 is 0. The molecule has 0 bridgehead atoms. The fourth-order valence-corrected chi connectivity index (χ4v) is 3.87. The van der Waals surface area contributed by atoms with Crippen molar-refractivity contribution in [3.63, 3.8) is 0 Å². The van der Waals surface area contributed by atoms with Gasteiger partial charge in [0.05, 0.1) is 18.0 Å². The maximum atomic E-state index is 12.0. The molecule has 0 saturated carbocycles. The molecule has 10 heteroatoms. The van der Waals surface area contributed by atoms with Crippen LogP contribution in [0.5, 0.6) is 0 Å². The number of aromatic nitrogens is 2. The molecule has 0 spiro atoms. The Bertz CT molecular complexity index is 1120. The molecule has 3 aromatic rings. The summed E-state index contributed by atoms with van der Waals surface area (Å²) in [7, 11) is -2.08. The second-order valence-corrected chi connectivity index (χ2v) is 8.76. The third kappa shape index (κ3) is 7.31. The van der Waals surface area contributed by atoms with Crippen molar-refractivity contribution < 1.29 is 8.42 Å². The van der Waals surface area contributed by atoms with Crippen LogP contribution in [0.2, 0.25) is 0 Å². The highest BCUT2D eigenvalue weighted by molar-refractivity contribution is 14.0. The molecule has 0 saturated heterocycles. The Morgan fingerprint density at radius 2 is 1.84 bits per heavy atom. The van der Waals surface area contributed by atoms with Crippen molar-refractivity contribution in [2.75, 3.05) is 13.6 Å². The van der Waals surface area contributed by atoms with Crippen LogP contribution in [0.15, 0.2) is 76.9 Å². The van der Waals surface area contributed by atoms with Gasteiger partial charge in [-0.2, -0.15) is 5.10 Å². The zero-order valence-electron chi connectivity index (χ0n) is 18.2. The molecular weight excluding hydrogens is 539 g/mol. The smallest absolute Gasteiger partial charge is 0.240 e. The van der Waals surface area contributed by atoms with Gasteiger partial charge >= 0.3 is 0 Å². The summed E-state index contributed by atoms with van der Waals surface area (Å²) in [5.74, 6) is 0.665. The molecule has 0 atom stereocenters. The summed E-state index contributed by atoms with van der Waals surface area (Å²) in [5, 5.41) is 10.9. The summed E-state index contributed by atoms with van der Waals surface area (Å²) in [4.78, 5) is 4.84. The molecule has 0 aliphatic heterocycles. The van der Waals surface area contributed by atoms with Gasteiger partial charge in [0.15, 0.2) is 5.96 Å². The van der Waals surface area contributed by atoms with Crippen molar-refractivity contribution in [2.45, 2.75) is 31.5 Å². The number of guanidine groups is 1. The Hall–Kier alpha value is -2.44. The van der Waals surface area contributed by atoms with Crippen LogP contribution < -0.4 is 15.4 Å². The Kier molecular flexibility index (Phi) is 10.1. The number of nitrogens with zero attached hydrogens (tertiary/aromatic N) is 3. The van der Waals surface area contributed by atoms with Gasteiger partial charge in [0, 0.05) is 25.5 Å². The van der Waals surface area contributed by atoms with Gasteiger partial charge < -0.3 is 10.6 Å². The molecule has 3 N–H and O–H groups in total. The molecule has 2 aromatic carbocycles. The third-order valence-corrected chi connectivity index (χ3v) is 6.11. The molecule has 32 heavy (non-hydrogen) atoms. The van der Waals surface area contributed by atoms with Gasteiger partial charge in [-0.15, -0.1) is 24.0 Å². The van der Waals surface area contributed by atoms with Crippen LogP contribution in [0.25, 0.3) is 0 Å². The van der Waals surface area contributed by atoms with Gasteiger partial charge in [-0.05, 0) is 48.9 Å². The molecule has 0 unspecified atom stereocenters. The first-order chi connectivity index (χ1) is 15.0. The van der Waals surface area contributed by atoms with E-state index >= 15 is 0 Å². The highest BCUT2D eigenvalue weighted by atomic mass is 127. The zero-order valence-corrected chi connectivity index (χ0v) is 21.3. The molecule has 0 aliphatic carbocycles. The maximum Gasteiger partial charge on any atom is 0.240 e. The maximum absolute atomic E-state index is 12.0. The van der Waals surface area contributed by atoms with Crippen molar-refractivity contribution in [2.24, 2.45) is 4.99 Å². The number of benzene rings is 2. The number of aliphatic imine (C=N–C) groups is 1. The minimum Gasteiger partial charge on any atom is -0.357 e. The molecule has 1 aromatic heterocycles. The Morgan fingerprint density at radius 1 is 1.06 bits per heavy atom. The molecule has 1 heterocycles. The van der Waals surface area contributed by atoms with Crippen LogP contribution in [0.1, 0.15) is 23.6 Å². The molecule has 0 radical (unpaired) electrons. The average molecular weight is 568 g/mol. The van der Waals surface area contributed by atoms with Crippen LogP contribution in [0.4, 0.5) is 0 Å². The van der Waals surface area contributed by atoms with Crippen LogP contribution >= 0.6 is 24.0 Å². The summed E-state index contributed by atoms with van der Waals surface area (Å²) in [5.41, 5.74) is 3.15. The molecular formula is C22H29IN6O2S. The Balaban J connectivity index is 0.00000363. The van der Waals surface area contributed by atoms with Crippen LogP contribution in [0, 0.1) is 0 Å². The standard InChI is InChI=1S/C22H28N6O2S.HI/c1-3-24-22(25-15-18-8-6-11-21(14-18)31(29,30)23-2)26-16-19-9-4-5-10-20(19)17-28-13-7-12-27-28;/h4-14,23H,3,15-17H2,1-2H3,(H2,24,25,26);1H. The van der Waals surface area contributed by atoms with E-state index in [0.29, 0.717) is 25.6 Å². The van der Waals surface area contributed by atoms with Gasteiger partial charge in [-0.1, -0.05) is 36.4 Å².